The average Bonchev–Trinajstić information content (AvgIpc) is 2.48. The molecule has 0 atom stereocenters. The van der Waals surface area contributed by atoms with Gasteiger partial charge in [-0.25, -0.2) is 0 Å². The van der Waals surface area contributed by atoms with Crippen LogP contribution in [0.1, 0.15) is 56.9 Å². The zero-order valence-electron chi connectivity index (χ0n) is 12.2. The maximum Gasteiger partial charge on any atom is 0.306 e. The van der Waals surface area contributed by atoms with Gasteiger partial charge in [-0.05, 0) is 55.7 Å². The Morgan fingerprint density at radius 1 is 1.20 bits per heavy atom. The third-order valence-corrected chi connectivity index (χ3v) is 4.19. The minimum atomic E-state index is -0.636. The van der Waals surface area contributed by atoms with Crippen molar-refractivity contribution in [3.05, 3.63) is 29.8 Å². The predicted octanol–water partition coefficient (Wildman–Crippen LogP) is 4.22. The molecule has 3 nitrogen and oxygen atoms in total. The molecule has 0 saturated heterocycles. The van der Waals surface area contributed by atoms with Gasteiger partial charge < -0.3 is 9.84 Å². The van der Waals surface area contributed by atoms with E-state index in [9.17, 15) is 4.79 Å². The Labute approximate surface area is 121 Å². The smallest absolute Gasteiger partial charge is 0.306 e. The van der Waals surface area contributed by atoms with Crippen molar-refractivity contribution >= 4 is 5.97 Å². The second kappa shape index (κ2) is 7.32. The number of aliphatic carboxylic acids is 1. The van der Waals surface area contributed by atoms with Crippen LogP contribution in [0.15, 0.2) is 24.3 Å². The summed E-state index contributed by atoms with van der Waals surface area (Å²) in [5.41, 5.74) is 1.32. The summed E-state index contributed by atoms with van der Waals surface area (Å²) in [5, 5.41) is 9.02. The summed E-state index contributed by atoms with van der Waals surface area (Å²) in [5.74, 6) is 0.669. The highest BCUT2D eigenvalue weighted by Crippen LogP contribution is 2.36. The standard InChI is InChI=1S/C17H24O3/c1-2-3-12-20-16-10-8-14(9-11-16)13-4-6-15(7-5-13)17(18)19/h8-11,13,15H,2-7,12H2,1H3,(H,18,19). The number of ether oxygens (including phenoxy) is 1. The third-order valence-electron chi connectivity index (χ3n) is 4.19. The van der Waals surface area contributed by atoms with E-state index in [0.29, 0.717) is 5.92 Å². The number of hydrogen-bond acceptors (Lipinski definition) is 2. The molecule has 0 bridgehead atoms. The highest BCUT2D eigenvalue weighted by Gasteiger charge is 2.26. The summed E-state index contributed by atoms with van der Waals surface area (Å²) < 4.78 is 5.66. The predicted molar refractivity (Wildman–Crippen MR) is 79.2 cm³/mol. The summed E-state index contributed by atoms with van der Waals surface area (Å²) in [6, 6.07) is 8.34. The number of unbranched alkanes of at least 4 members (excludes halogenated alkanes) is 1. The molecular weight excluding hydrogens is 252 g/mol. The van der Waals surface area contributed by atoms with Gasteiger partial charge in [-0.15, -0.1) is 0 Å². The van der Waals surface area contributed by atoms with Crippen molar-refractivity contribution in [3.63, 3.8) is 0 Å². The molecule has 0 spiro atoms. The molecule has 1 aliphatic carbocycles. The summed E-state index contributed by atoms with van der Waals surface area (Å²) in [7, 11) is 0. The molecule has 1 saturated carbocycles. The number of hydrogen-bond donors (Lipinski definition) is 1. The summed E-state index contributed by atoms with van der Waals surface area (Å²) in [4.78, 5) is 11.0. The molecule has 110 valence electrons. The van der Waals surface area contributed by atoms with Crippen molar-refractivity contribution in [1.29, 1.82) is 0 Å². The Bertz CT molecular complexity index is 416. The normalized spacial score (nSPS) is 22.4. The highest BCUT2D eigenvalue weighted by atomic mass is 16.5. The molecule has 3 heteroatoms. The summed E-state index contributed by atoms with van der Waals surface area (Å²) in [6.07, 6.45) is 5.79. The number of benzene rings is 1. The average molecular weight is 276 g/mol. The Kier molecular flexibility index (Phi) is 5.45. The monoisotopic (exact) mass is 276 g/mol. The van der Waals surface area contributed by atoms with Crippen molar-refractivity contribution in [1.82, 2.24) is 0 Å². The zero-order valence-corrected chi connectivity index (χ0v) is 12.2. The van der Waals surface area contributed by atoms with Crippen LogP contribution >= 0.6 is 0 Å². The topological polar surface area (TPSA) is 46.5 Å². The second-order valence-electron chi connectivity index (χ2n) is 5.66. The number of carboxylic acids is 1. The Balaban J connectivity index is 1.86. The zero-order chi connectivity index (χ0) is 14.4. The quantitative estimate of drug-likeness (QED) is 0.791. The molecule has 0 aliphatic heterocycles. The molecule has 0 radical (unpaired) electrons. The van der Waals surface area contributed by atoms with E-state index in [1.807, 2.05) is 12.1 Å². The maximum atomic E-state index is 11.0. The molecule has 1 aromatic rings. The van der Waals surface area contributed by atoms with E-state index >= 15 is 0 Å². The van der Waals surface area contributed by atoms with Crippen LogP contribution in [0.2, 0.25) is 0 Å². The first kappa shape index (κ1) is 14.9. The van der Waals surface area contributed by atoms with Crippen LogP contribution in [0, 0.1) is 5.92 Å². The minimum Gasteiger partial charge on any atom is -0.494 e. The van der Waals surface area contributed by atoms with Crippen LogP contribution < -0.4 is 4.74 Å². The van der Waals surface area contributed by atoms with Gasteiger partial charge in [0.1, 0.15) is 5.75 Å². The molecule has 0 heterocycles. The molecule has 0 unspecified atom stereocenters. The SMILES string of the molecule is CCCCOc1ccc(C2CCC(C(=O)O)CC2)cc1. The van der Waals surface area contributed by atoms with Crippen LogP contribution in [-0.2, 0) is 4.79 Å². The van der Waals surface area contributed by atoms with E-state index in [-0.39, 0.29) is 5.92 Å². The number of carboxylic acid groups (broad SMARTS) is 1. The van der Waals surface area contributed by atoms with Crippen molar-refractivity contribution in [2.75, 3.05) is 6.61 Å². The van der Waals surface area contributed by atoms with Gasteiger partial charge in [0.15, 0.2) is 0 Å². The fourth-order valence-corrected chi connectivity index (χ4v) is 2.84. The molecule has 0 amide bonds. The van der Waals surface area contributed by atoms with Crippen LogP contribution in [-0.4, -0.2) is 17.7 Å². The molecule has 0 aromatic heterocycles. The lowest BCUT2D eigenvalue weighted by Crippen LogP contribution is -2.20. The summed E-state index contributed by atoms with van der Waals surface area (Å²) >= 11 is 0. The van der Waals surface area contributed by atoms with Crippen molar-refractivity contribution in [3.8, 4) is 5.75 Å². The number of rotatable bonds is 6. The van der Waals surface area contributed by atoms with Gasteiger partial charge >= 0.3 is 5.97 Å². The fraction of sp³-hybridized carbons (Fsp3) is 0.588. The molecule has 20 heavy (non-hydrogen) atoms. The number of carbonyl (C=O) groups is 1. The van der Waals surface area contributed by atoms with Crippen LogP contribution in [0.4, 0.5) is 0 Å². The van der Waals surface area contributed by atoms with Gasteiger partial charge in [-0.2, -0.15) is 0 Å². The second-order valence-corrected chi connectivity index (χ2v) is 5.66. The summed E-state index contributed by atoms with van der Waals surface area (Å²) in [6.45, 7) is 2.93. The van der Waals surface area contributed by atoms with Crippen LogP contribution in [0.5, 0.6) is 5.75 Å². The molecule has 1 aromatic carbocycles. The van der Waals surface area contributed by atoms with E-state index in [0.717, 1.165) is 50.9 Å². The van der Waals surface area contributed by atoms with Crippen molar-refractivity contribution < 1.29 is 14.6 Å². The Morgan fingerprint density at radius 2 is 1.85 bits per heavy atom. The van der Waals surface area contributed by atoms with E-state index in [1.54, 1.807) is 0 Å². The molecule has 2 rings (SSSR count). The van der Waals surface area contributed by atoms with E-state index < -0.39 is 5.97 Å². The third kappa shape index (κ3) is 3.99. The molecule has 1 fully saturated rings. The first-order chi connectivity index (χ1) is 9.70. The lowest BCUT2D eigenvalue weighted by atomic mass is 9.79. The van der Waals surface area contributed by atoms with E-state index in [1.165, 1.54) is 5.56 Å². The van der Waals surface area contributed by atoms with Gasteiger partial charge in [0, 0.05) is 0 Å². The fourth-order valence-electron chi connectivity index (χ4n) is 2.84. The minimum absolute atomic E-state index is 0.136. The van der Waals surface area contributed by atoms with Gasteiger partial charge in [0.2, 0.25) is 0 Å². The first-order valence-corrected chi connectivity index (χ1v) is 7.66. The lowest BCUT2D eigenvalue weighted by Gasteiger charge is -2.26. The Morgan fingerprint density at radius 3 is 2.40 bits per heavy atom. The molecule has 1 aliphatic rings. The molecule has 1 N–H and O–H groups in total. The van der Waals surface area contributed by atoms with Crippen molar-refractivity contribution in [2.24, 2.45) is 5.92 Å². The van der Waals surface area contributed by atoms with Gasteiger partial charge in [-0.1, -0.05) is 25.5 Å². The van der Waals surface area contributed by atoms with Gasteiger partial charge in [0.05, 0.1) is 12.5 Å². The largest absolute Gasteiger partial charge is 0.494 e. The molecular formula is C17H24O3. The van der Waals surface area contributed by atoms with Crippen LogP contribution in [0.3, 0.4) is 0 Å². The maximum absolute atomic E-state index is 11.0. The van der Waals surface area contributed by atoms with E-state index in [4.69, 9.17) is 9.84 Å². The van der Waals surface area contributed by atoms with Crippen molar-refractivity contribution in [2.45, 2.75) is 51.4 Å². The van der Waals surface area contributed by atoms with Gasteiger partial charge in [0.25, 0.3) is 0 Å². The first-order valence-electron chi connectivity index (χ1n) is 7.66. The van der Waals surface area contributed by atoms with Crippen LogP contribution in [0.25, 0.3) is 0 Å². The lowest BCUT2D eigenvalue weighted by molar-refractivity contribution is -0.142. The van der Waals surface area contributed by atoms with E-state index in [2.05, 4.69) is 19.1 Å². The highest BCUT2D eigenvalue weighted by molar-refractivity contribution is 5.70. The van der Waals surface area contributed by atoms with Gasteiger partial charge in [-0.3, -0.25) is 4.79 Å². The Hall–Kier alpha value is -1.51.